The molecule has 0 aliphatic heterocycles. The van der Waals surface area contributed by atoms with Gasteiger partial charge in [0.2, 0.25) is 0 Å². The first-order chi connectivity index (χ1) is 12.4. The summed E-state index contributed by atoms with van der Waals surface area (Å²) in [7, 11) is 0. The smallest absolute Gasteiger partial charge is 0.159 e. The SMILES string of the molecule is CC(=O)c1cccc(-n2c(C)cc(/C=C(\C#N)c3nc(C)cs3)c2C)c1. The molecule has 0 saturated carbocycles. The van der Waals surface area contributed by atoms with E-state index in [1.165, 1.54) is 11.3 Å². The van der Waals surface area contributed by atoms with Crippen LogP contribution in [-0.4, -0.2) is 15.3 Å². The molecule has 130 valence electrons. The van der Waals surface area contributed by atoms with Gasteiger partial charge in [0, 0.05) is 33.7 Å². The van der Waals surface area contributed by atoms with Crippen LogP contribution < -0.4 is 0 Å². The Kier molecular flexibility index (Phi) is 4.88. The number of thiazole rings is 1. The molecule has 26 heavy (non-hydrogen) atoms. The van der Waals surface area contributed by atoms with E-state index in [4.69, 9.17) is 0 Å². The topological polar surface area (TPSA) is 58.7 Å². The summed E-state index contributed by atoms with van der Waals surface area (Å²) in [4.78, 5) is 16.1. The second-order valence-electron chi connectivity index (χ2n) is 6.23. The van der Waals surface area contributed by atoms with Gasteiger partial charge >= 0.3 is 0 Å². The maximum Gasteiger partial charge on any atom is 0.159 e. The lowest BCUT2D eigenvalue weighted by Gasteiger charge is -2.10. The molecule has 3 rings (SSSR count). The van der Waals surface area contributed by atoms with Crippen molar-refractivity contribution < 1.29 is 4.79 Å². The van der Waals surface area contributed by atoms with Crippen LogP contribution in [0.15, 0.2) is 35.7 Å². The van der Waals surface area contributed by atoms with Crippen LogP contribution in [0.5, 0.6) is 0 Å². The number of carbonyl (C=O) groups is 1. The van der Waals surface area contributed by atoms with Crippen LogP contribution in [-0.2, 0) is 0 Å². The molecular weight excluding hydrogens is 342 g/mol. The maximum atomic E-state index is 11.7. The summed E-state index contributed by atoms with van der Waals surface area (Å²) < 4.78 is 2.10. The molecule has 4 nitrogen and oxygen atoms in total. The van der Waals surface area contributed by atoms with E-state index in [1.54, 1.807) is 6.92 Å². The number of hydrogen-bond acceptors (Lipinski definition) is 4. The van der Waals surface area contributed by atoms with Gasteiger partial charge < -0.3 is 4.57 Å². The van der Waals surface area contributed by atoms with Crippen molar-refractivity contribution in [2.24, 2.45) is 0 Å². The Morgan fingerprint density at radius 3 is 2.65 bits per heavy atom. The van der Waals surface area contributed by atoms with Gasteiger partial charge in [0.05, 0.1) is 5.57 Å². The second kappa shape index (κ2) is 7.11. The zero-order valence-corrected chi connectivity index (χ0v) is 16.0. The molecule has 0 aliphatic rings. The highest BCUT2D eigenvalue weighted by atomic mass is 32.1. The number of aryl methyl sites for hydroxylation is 2. The fraction of sp³-hybridized carbons (Fsp3) is 0.190. The molecule has 0 atom stereocenters. The number of nitrogens with zero attached hydrogens (tertiary/aromatic N) is 3. The summed E-state index contributed by atoms with van der Waals surface area (Å²) in [5.74, 6) is 0.0420. The van der Waals surface area contributed by atoms with Crippen molar-refractivity contribution in [1.29, 1.82) is 5.26 Å². The molecule has 0 spiro atoms. The largest absolute Gasteiger partial charge is 0.318 e. The number of aromatic nitrogens is 2. The van der Waals surface area contributed by atoms with E-state index in [0.29, 0.717) is 11.1 Å². The first-order valence-electron chi connectivity index (χ1n) is 8.25. The number of nitriles is 1. The number of ketones is 1. The Balaban J connectivity index is 2.09. The molecule has 0 bridgehead atoms. The molecule has 0 N–H and O–H groups in total. The predicted octanol–water partition coefficient (Wildman–Crippen LogP) is 5.13. The third-order valence-electron chi connectivity index (χ3n) is 4.25. The van der Waals surface area contributed by atoms with Gasteiger partial charge in [0.25, 0.3) is 0 Å². The molecule has 3 aromatic rings. The fourth-order valence-corrected chi connectivity index (χ4v) is 3.73. The van der Waals surface area contributed by atoms with Crippen LogP contribution in [0.2, 0.25) is 0 Å². The highest BCUT2D eigenvalue weighted by molar-refractivity contribution is 7.11. The molecule has 0 aliphatic carbocycles. The molecule has 0 saturated heterocycles. The van der Waals surface area contributed by atoms with Crippen LogP contribution in [0.3, 0.4) is 0 Å². The molecule has 2 heterocycles. The number of rotatable bonds is 4. The number of benzene rings is 1. The number of allylic oxidation sites excluding steroid dienone is 1. The maximum absolute atomic E-state index is 11.7. The number of carbonyl (C=O) groups excluding carboxylic acids is 1. The third kappa shape index (κ3) is 3.37. The van der Waals surface area contributed by atoms with Crippen molar-refractivity contribution in [1.82, 2.24) is 9.55 Å². The average molecular weight is 361 g/mol. The average Bonchev–Trinajstić information content (AvgIpc) is 3.16. The lowest BCUT2D eigenvalue weighted by molar-refractivity contribution is 0.101. The van der Waals surface area contributed by atoms with E-state index in [2.05, 4.69) is 15.6 Å². The van der Waals surface area contributed by atoms with Crippen molar-refractivity contribution in [2.45, 2.75) is 27.7 Å². The zero-order chi connectivity index (χ0) is 18.8. The minimum atomic E-state index is 0.0420. The highest BCUT2D eigenvalue weighted by Gasteiger charge is 2.13. The highest BCUT2D eigenvalue weighted by Crippen LogP contribution is 2.27. The Labute approximate surface area is 157 Å². The molecule has 1 aromatic carbocycles. The Morgan fingerprint density at radius 1 is 1.27 bits per heavy atom. The summed E-state index contributed by atoms with van der Waals surface area (Å²) in [6, 6.07) is 11.9. The standard InChI is InChI=1S/C21H19N3OS/c1-13-12-26-21(23-13)19(11-22)9-18-8-14(2)24(15(18)3)20-7-5-6-17(10-20)16(4)25/h5-10,12H,1-4H3/b19-9+. The van der Waals surface area contributed by atoms with E-state index in [9.17, 15) is 10.1 Å². The van der Waals surface area contributed by atoms with Gasteiger partial charge in [-0.05, 0) is 57.5 Å². The normalized spacial score (nSPS) is 11.4. The van der Waals surface area contributed by atoms with Crippen molar-refractivity contribution >= 4 is 28.8 Å². The summed E-state index contributed by atoms with van der Waals surface area (Å²) in [5, 5.41) is 12.2. The predicted molar refractivity (Wildman–Crippen MR) is 106 cm³/mol. The lowest BCUT2D eigenvalue weighted by atomic mass is 10.1. The van der Waals surface area contributed by atoms with Gasteiger partial charge in [0.1, 0.15) is 11.1 Å². The lowest BCUT2D eigenvalue weighted by Crippen LogP contribution is -2.01. The quantitative estimate of drug-likeness (QED) is 0.478. The van der Waals surface area contributed by atoms with Crippen LogP contribution in [0.4, 0.5) is 0 Å². The van der Waals surface area contributed by atoms with E-state index in [1.807, 2.05) is 62.6 Å². The van der Waals surface area contributed by atoms with Gasteiger partial charge in [-0.15, -0.1) is 11.3 Å². The van der Waals surface area contributed by atoms with Crippen LogP contribution in [0.25, 0.3) is 17.3 Å². The Hall–Kier alpha value is -2.97. The van der Waals surface area contributed by atoms with Gasteiger partial charge in [-0.1, -0.05) is 12.1 Å². The van der Waals surface area contributed by atoms with Gasteiger partial charge in [-0.25, -0.2) is 4.98 Å². The van der Waals surface area contributed by atoms with Crippen molar-refractivity contribution in [3.63, 3.8) is 0 Å². The summed E-state index contributed by atoms with van der Waals surface area (Å²) in [5.41, 5.74) is 6.13. The Morgan fingerprint density at radius 2 is 2.04 bits per heavy atom. The van der Waals surface area contributed by atoms with Crippen molar-refractivity contribution in [3.05, 3.63) is 68.9 Å². The first-order valence-corrected chi connectivity index (χ1v) is 9.13. The van der Waals surface area contributed by atoms with E-state index in [-0.39, 0.29) is 5.78 Å². The molecule has 0 unspecified atom stereocenters. The van der Waals surface area contributed by atoms with Gasteiger partial charge in [-0.2, -0.15) is 5.26 Å². The van der Waals surface area contributed by atoms with Crippen LogP contribution in [0.1, 0.15) is 44.9 Å². The zero-order valence-electron chi connectivity index (χ0n) is 15.2. The van der Waals surface area contributed by atoms with E-state index < -0.39 is 0 Å². The van der Waals surface area contributed by atoms with Gasteiger partial charge in [0.15, 0.2) is 5.78 Å². The minimum absolute atomic E-state index is 0.0420. The monoisotopic (exact) mass is 361 g/mol. The van der Waals surface area contributed by atoms with E-state index in [0.717, 1.165) is 33.3 Å². The molecular formula is C21H19N3OS. The summed E-state index contributed by atoms with van der Waals surface area (Å²) in [6.45, 7) is 7.52. The first kappa shape index (κ1) is 17.8. The summed E-state index contributed by atoms with van der Waals surface area (Å²) in [6.07, 6.45) is 1.88. The molecule has 0 amide bonds. The molecule has 0 fully saturated rings. The second-order valence-corrected chi connectivity index (χ2v) is 7.09. The molecule has 2 aromatic heterocycles. The van der Waals surface area contributed by atoms with Crippen LogP contribution in [0, 0.1) is 32.1 Å². The third-order valence-corrected chi connectivity index (χ3v) is 5.24. The number of Topliss-reactive ketones (excluding diaryl/α,β-unsaturated/α-hetero) is 1. The van der Waals surface area contributed by atoms with Crippen molar-refractivity contribution in [3.8, 4) is 11.8 Å². The minimum Gasteiger partial charge on any atom is -0.318 e. The summed E-state index contributed by atoms with van der Waals surface area (Å²) >= 11 is 1.47. The van der Waals surface area contributed by atoms with E-state index >= 15 is 0 Å². The fourth-order valence-electron chi connectivity index (χ4n) is 2.97. The van der Waals surface area contributed by atoms with Gasteiger partial charge in [-0.3, -0.25) is 4.79 Å². The number of hydrogen-bond donors (Lipinski definition) is 0. The Bertz CT molecular complexity index is 1060. The van der Waals surface area contributed by atoms with Crippen LogP contribution >= 0.6 is 11.3 Å². The molecule has 5 heteroatoms. The molecule has 0 radical (unpaired) electrons. The van der Waals surface area contributed by atoms with Crippen molar-refractivity contribution in [2.75, 3.05) is 0 Å².